The Morgan fingerprint density at radius 2 is 2.33 bits per heavy atom. The van der Waals surface area contributed by atoms with Crippen LogP contribution in [0.5, 0.6) is 5.75 Å². The molecule has 3 heteroatoms. The number of hydrogen-bond donors (Lipinski definition) is 1. The molecule has 2 heterocycles. The average Bonchev–Trinajstić information content (AvgIpc) is 2.84. The molecule has 2 aliphatic rings. The van der Waals surface area contributed by atoms with Crippen molar-refractivity contribution in [2.24, 2.45) is 5.41 Å². The summed E-state index contributed by atoms with van der Waals surface area (Å²) in [6.07, 6.45) is 2.22. The Labute approximate surface area is 108 Å². The molecule has 2 aliphatic heterocycles. The van der Waals surface area contributed by atoms with Crippen molar-refractivity contribution in [2.75, 3.05) is 26.4 Å². The lowest BCUT2D eigenvalue weighted by atomic mass is 9.91. The summed E-state index contributed by atoms with van der Waals surface area (Å²) in [4.78, 5) is 0. The molecule has 0 bridgehead atoms. The van der Waals surface area contributed by atoms with Gasteiger partial charge in [0, 0.05) is 18.6 Å². The Morgan fingerprint density at radius 1 is 1.39 bits per heavy atom. The van der Waals surface area contributed by atoms with Gasteiger partial charge in [-0.3, -0.25) is 0 Å². The molecule has 1 fully saturated rings. The average molecular weight is 247 g/mol. The van der Waals surface area contributed by atoms with Crippen molar-refractivity contribution in [3.8, 4) is 5.75 Å². The molecule has 1 N–H and O–H groups in total. The van der Waals surface area contributed by atoms with Crippen molar-refractivity contribution in [1.82, 2.24) is 5.32 Å². The van der Waals surface area contributed by atoms with Gasteiger partial charge in [0.25, 0.3) is 0 Å². The minimum absolute atomic E-state index is 0.189. The van der Waals surface area contributed by atoms with Crippen LogP contribution in [0.3, 0.4) is 0 Å². The highest BCUT2D eigenvalue weighted by Crippen LogP contribution is 2.29. The molecule has 0 amide bonds. The van der Waals surface area contributed by atoms with E-state index in [1.165, 1.54) is 11.1 Å². The van der Waals surface area contributed by atoms with E-state index in [1.54, 1.807) is 0 Å². The summed E-state index contributed by atoms with van der Waals surface area (Å²) in [6, 6.07) is 6.49. The first-order valence-electron chi connectivity index (χ1n) is 6.78. The van der Waals surface area contributed by atoms with Crippen LogP contribution in [0.25, 0.3) is 0 Å². The number of ether oxygens (including phenoxy) is 2. The SMILES string of the molecule is CC1(COc2ccc3c(c2)CNCC3)CCOC1. The number of benzene rings is 1. The standard InChI is InChI=1S/C15H21NO2/c1-15(5-7-17-10-15)11-18-14-3-2-12-4-6-16-9-13(12)8-14/h2-3,8,16H,4-7,9-11H2,1H3. The number of rotatable bonds is 3. The van der Waals surface area contributed by atoms with E-state index in [2.05, 4.69) is 30.4 Å². The van der Waals surface area contributed by atoms with Gasteiger partial charge in [-0.05, 0) is 42.6 Å². The third-order valence-corrected chi connectivity index (χ3v) is 3.95. The van der Waals surface area contributed by atoms with Crippen molar-refractivity contribution < 1.29 is 9.47 Å². The predicted octanol–water partition coefficient (Wildman–Crippen LogP) is 2.14. The van der Waals surface area contributed by atoms with E-state index in [0.29, 0.717) is 0 Å². The molecule has 1 saturated heterocycles. The predicted molar refractivity (Wildman–Crippen MR) is 70.9 cm³/mol. The van der Waals surface area contributed by atoms with Crippen molar-refractivity contribution in [3.05, 3.63) is 29.3 Å². The Kier molecular flexibility index (Phi) is 3.27. The van der Waals surface area contributed by atoms with E-state index < -0.39 is 0 Å². The lowest BCUT2D eigenvalue weighted by Gasteiger charge is -2.23. The Hall–Kier alpha value is -1.06. The Morgan fingerprint density at radius 3 is 3.17 bits per heavy atom. The Balaban J connectivity index is 1.66. The van der Waals surface area contributed by atoms with Crippen LogP contribution in [0.4, 0.5) is 0 Å². The molecule has 3 rings (SSSR count). The minimum atomic E-state index is 0.189. The summed E-state index contributed by atoms with van der Waals surface area (Å²) in [5.41, 5.74) is 3.02. The maximum atomic E-state index is 5.95. The van der Waals surface area contributed by atoms with Crippen LogP contribution in [0, 0.1) is 5.41 Å². The molecule has 1 atom stereocenters. The second-order valence-corrected chi connectivity index (χ2v) is 5.76. The molecular weight excluding hydrogens is 226 g/mol. The fourth-order valence-electron chi connectivity index (χ4n) is 2.63. The summed E-state index contributed by atoms with van der Waals surface area (Å²) >= 11 is 0. The van der Waals surface area contributed by atoms with E-state index >= 15 is 0 Å². The third kappa shape index (κ3) is 2.52. The number of hydrogen-bond acceptors (Lipinski definition) is 3. The van der Waals surface area contributed by atoms with E-state index in [1.807, 2.05) is 0 Å². The lowest BCUT2D eigenvalue weighted by Crippen LogP contribution is -2.26. The molecule has 0 radical (unpaired) electrons. The van der Waals surface area contributed by atoms with E-state index in [9.17, 15) is 0 Å². The molecule has 0 spiro atoms. The summed E-state index contributed by atoms with van der Waals surface area (Å²) in [5.74, 6) is 0.991. The van der Waals surface area contributed by atoms with Gasteiger partial charge in [0.15, 0.2) is 0 Å². The van der Waals surface area contributed by atoms with Crippen LogP contribution >= 0.6 is 0 Å². The van der Waals surface area contributed by atoms with Crippen molar-refractivity contribution in [3.63, 3.8) is 0 Å². The minimum Gasteiger partial charge on any atom is -0.493 e. The van der Waals surface area contributed by atoms with Gasteiger partial charge in [-0.2, -0.15) is 0 Å². The molecule has 0 aliphatic carbocycles. The third-order valence-electron chi connectivity index (χ3n) is 3.95. The van der Waals surface area contributed by atoms with Crippen LogP contribution < -0.4 is 10.1 Å². The van der Waals surface area contributed by atoms with Crippen molar-refractivity contribution >= 4 is 0 Å². The van der Waals surface area contributed by atoms with Gasteiger partial charge >= 0.3 is 0 Å². The fraction of sp³-hybridized carbons (Fsp3) is 0.600. The van der Waals surface area contributed by atoms with Crippen molar-refractivity contribution in [1.29, 1.82) is 0 Å². The molecule has 1 aromatic rings. The van der Waals surface area contributed by atoms with Gasteiger partial charge in [0.2, 0.25) is 0 Å². The van der Waals surface area contributed by atoms with E-state index in [0.717, 1.165) is 51.5 Å². The first-order chi connectivity index (χ1) is 8.75. The molecule has 3 nitrogen and oxygen atoms in total. The first-order valence-corrected chi connectivity index (χ1v) is 6.78. The summed E-state index contributed by atoms with van der Waals surface area (Å²) in [5, 5.41) is 3.40. The Bertz CT molecular complexity index is 425. The van der Waals surface area contributed by atoms with Crippen LogP contribution in [-0.4, -0.2) is 26.4 Å². The smallest absolute Gasteiger partial charge is 0.119 e. The molecule has 0 aromatic heterocycles. The van der Waals surface area contributed by atoms with Gasteiger partial charge in [0.05, 0.1) is 13.2 Å². The van der Waals surface area contributed by atoms with Crippen molar-refractivity contribution in [2.45, 2.75) is 26.3 Å². The zero-order valence-electron chi connectivity index (χ0n) is 11.0. The van der Waals surface area contributed by atoms with Crippen LogP contribution in [-0.2, 0) is 17.7 Å². The highest BCUT2D eigenvalue weighted by molar-refractivity contribution is 5.37. The topological polar surface area (TPSA) is 30.5 Å². The summed E-state index contributed by atoms with van der Waals surface area (Å²) < 4.78 is 11.4. The molecular formula is C15H21NO2. The van der Waals surface area contributed by atoms with Crippen LogP contribution in [0.15, 0.2) is 18.2 Å². The zero-order chi connectivity index (χ0) is 12.4. The van der Waals surface area contributed by atoms with Gasteiger partial charge in [-0.1, -0.05) is 13.0 Å². The molecule has 98 valence electrons. The van der Waals surface area contributed by atoms with E-state index in [-0.39, 0.29) is 5.41 Å². The number of fused-ring (bicyclic) bond motifs is 1. The maximum Gasteiger partial charge on any atom is 0.119 e. The van der Waals surface area contributed by atoms with Gasteiger partial charge < -0.3 is 14.8 Å². The monoisotopic (exact) mass is 247 g/mol. The van der Waals surface area contributed by atoms with E-state index in [4.69, 9.17) is 9.47 Å². The van der Waals surface area contributed by atoms with Crippen LogP contribution in [0.1, 0.15) is 24.5 Å². The fourth-order valence-corrected chi connectivity index (χ4v) is 2.63. The summed E-state index contributed by atoms with van der Waals surface area (Å²) in [6.45, 7) is 6.72. The second-order valence-electron chi connectivity index (χ2n) is 5.76. The zero-order valence-corrected chi connectivity index (χ0v) is 11.0. The highest BCUT2D eigenvalue weighted by Gasteiger charge is 2.30. The van der Waals surface area contributed by atoms with Gasteiger partial charge in [-0.25, -0.2) is 0 Å². The lowest BCUT2D eigenvalue weighted by molar-refractivity contribution is 0.118. The molecule has 1 unspecified atom stereocenters. The van der Waals surface area contributed by atoms with Gasteiger partial charge in [-0.15, -0.1) is 0 Å². The van der Waals surface area contributed by atoms with Gasteiger partial charge in [0.1, 0.15) is 5.75 Å². The molecule has 18 heavy (non-hydrogen) atoms. The maximum absolute atomic E-state index is 5.95. The first kappa shape index (κ1) is 12.0. The quantitative estimate of drug-likeness (QED) is 0.887. The van der Waals surface area contributed by atoms with Crippen LogP contribution in [0.2, 0.25) is 0 Å². The molecule has 1 aromatic carbocycles. The highest BCUT2D eigenvalue weighted by atomic mass is 16.5. The normalized spacial score (nSPS) is 26.9. The second kappa shape index (κ2) is 4.90. The summed E-state index contributed by atoms with van der Waals surface area (Å²) in [7, 11) is 0. The molecule has 0 saturated carbocycles. The largest absolute Gasteiger partial charge is 0.493 e. The number of nitrogens with one attached hydrogen (secondary N) is 1.